The highest BCUT2D eigenvalue weighted by molar-refractivity contribution is 14.1. The van der Waals surface area contributed by atoms with Gasteiger partial charge in [-0.25, -0.2) is 4.98 Å². The lowest BCUT2D eigenvalue weighted by molar-refractivity contribution is 1.25. The lowest BCUT2D eigenvalue weighted by Crippen LogP contribution is -1.82. The summed E-state index contributed by atoms with van der Waals surface area (Å²) in [4.78, 5) is 3.89. The molecule has 2 nitrogen and oxygen atoms in total. The smallest absolute Gasteiger partial charge is 0.102 e. The molecule has 0 bridgehead atoms. The highest BCUT2D eigenvalue weighted by Crippen LogP contribution is 2.15. The zero-order valence-electron chi connectivity index (χ0n) is 4.81. The highest BCUT2D eigenvalue weighted by atomic mass is 127. The first kappa shape index (κ1) is 7.76. The molecule has 0 aliphatic rings. The van der Waals surface area contributed by atoms with Crippen LogP contribution in [-0.4, -0.2) is 4.98 Å². The molecule has 0 radical (unpaired) electrons. The molecule has 1 aromatic rings. The maximum atomic E-state index is 8.43. The van der Waals surface area contributed by atoms with E-state index in [2.05, 4.69) is 4.98 Å². The zero-order valence-corrected chi connectivity index (χ0v) is 7.72. The van der Waals surface area contributed by atoms with Crippen molar-refractivity contribution < 1.29 is 0 Å². The molecule has 0 aliphatic heterocycles. The number of halogens is 2. The highest BCUT2D eigenvalue weighted by Gasteiger charge is 1.98. The molecule has 4 heteroatoms. The fraction of sp³-hybridized carbons (Fsp3) is 0. The van der Waals surface area contributed by atoms with E-state index in [0.29, 0.717) is 10.6 Å². The Balaban J connectivity index is 3.23. The molecule has 0 saturated carbocycles. The summed E-state index contributed by atoms with van der Waals surface area (Å²) in [5, 5.41) is 8.89. The van der Waals surface area contributed by atoms with Crippen LogP contribution in [-0.2, 0) is 0 Å². The van der Waals surface area contributed by atoms with E-state index in [1.807, 2.05) is 28.7 Å². The van der Waals surface area contributed by atoms with Gasteiger partial charge in [-0.15, -0.1) is 0 Å². The number of hydrogen-bond acceptors (Lipinski definition) is 2. The van der Waals surface area contributed by atoms with E-state index in [1.165, 1.54) is 6.20 Å². The van der Waals surface area contributed by atoms with Crippen molar-refractivity contribution in [2.45, 2.75) is 0 Å². The zero-order chi connectivity index (χ0) is 7.56. The summed E-state index contributed by atoms with van der Waals surface area (Å²) in [5.41, 5.74) is 0.419. The molecule has 10 heavy (non-hydrogen) atoms. The Labute approximate surface area is 77.0 Å². The molecule has 0 N–H and O–H groups in total. The fourth-order valence-corrected chi connectivity index (χ4v) is 1.32. The van der Waals surface area contributed by atoms with E-state index >= 15 is 0 Å². The van der Waals surface area contributed by atoms with E-state index in [0.717, 1.165) is 3.70 Å². The molecule has 0 aromatic carbocycles. The minimum atomic E-state index is 0.419. The van der Waals surface area contributed by atoms with Gasteiger partial charge in [-0.3, -0.25) is 0 Å². The SMILES string of the molecule is N#Cc1cnc(I)cc1Cl. The van der Waals surface area contributed by atoms with E-state index < -0.39 is 0 Å². The van der Waals surface area contributed by atoms with Gasteiger partial charge in [0.2, 0.25) is 0 Å². The van der Waals surface area contributed by atoms with Gasteiger partial charge in [0, 0.05) is 6.20 Å². The van der Waals surface area contributed by atoms with E-state index in [1.54, 1.807) is 6.07 Å². The summed E-state index contributed by atoms with van der Waals surface area (Å²) >= 11 is 7.70. The third kappa shape index (κ3) is 1.58. The van der Waals surface area contributed by atoms with Crippen molar-refractivity contribution in [1.29, 1.82) is 5.26 Å². The van der Waals surface area contributed by atoms with E-state index in [9.17, 15) is 0 Å². The number of nitriles is 1. The quantitative estimate of drug-likeness (QED) is 0.532. The Morgan fingerprint density at radius 2 is 2.40 bits per heavy atom. The first-order valence-electron chi connectivity index (χ1n) is 2.45. The summed E-state index contributed by atoms with van der Waals surface area (Å²) in [7, 11) is 0. The van der Waals surface area contributed by atoms with Crippen LogP contribution in [0.1, 0.15) is 5.56 Å². The Bertz CT molecular complexity index is 292. The average Bonchev–Trinajstić information content (AvgIpc) is 1.88. The third-order valence-electron chi connectivity index (χ3n) is 0.941. The van der Waals surface area contributed by atoms with Crippen LogP contribution in [0.5, 0.6) is 0 Å². The van der Waals surface area contributed by atoms with Gasteiger partial charge in [-0.05, 0) is 28.7 Å². The molecule has 1 rings (SSSR count). The van der Waals surface area contributed by atoms with Crippen molar-refractivity contribution in [3.8, 4) is 6.07 Å². The summed E-state index contributed by atoms with van der Waals surface area (Å²) < 4.78 is 0.793. The molecule has 0 aliphatic carbocycles. The standard InChI is InChI=1S/C6H2ClIN2/c7-5-1-6(8)10-3-4(5)2-9/h1,3H. The summed E-state index contributed by atoms with van der Waals surface area (Å²) in [6.45, 7) is 0. The lowest BCUT2D eigenvalue weighted by Gasteiger charge is -1.92. The van der Waals surface area contributed by atoms with Crippen LogP contribution in [0, 0.1) is 15.0 Å². The van der Waals surface area contributed by atoms with Gasteiger partial charge in [0.05, 0.1) is 10.6 Å². The monoisotopic (exact) mass is 264 g/mol. The first-order valence-corrected chi connectivity index (χ1v) is 3.91. The fourth-order valence-electron chi connectivity index (χ4n) is 0.490. The summed E-state index contributed by atoms with van der Waals surface area (Å²) in [6, 6.07) is 3.58. The van der Waals surface area contributed by atoms with Crippen LogP contribution < -0.4 is 0 Å². The molecule has 1 heterocycles. The molecule has 1 aromatic heterocycles. The first-order chi connectivity index (χ1) is 4.74. The molecular weight excluding hydrogens is 262 g/mol. The molecular formula is C6H2ClIN2. The molecule has 0 fully saturated rings. The molecule has 0 spiro atoms. The van der Waals surface area contributed by atoms with Crippen LogP contribution in [0.2, 0.25) is 5.02 Å². The average molecular weight is 264 g/mol. The maximum absolute atomic E-state index is 8.43. The van der Waals surface area contributed by atoms with Crippen LogP contribution in [0.25, 0.3) is 0 Å². The van der Waals surface area contributed by atoms with Gasteiger partial charge >= 0.3 is 0 Å². The second-order valence-corrected chi connectivity index (χ2v) is 3.11. The van der Waals surface area contributed by atoms with Crippen molar-refractivity contribution in [2.24, 2.45) is 0 Å². The molecule has 0 unspecified atom stereocenters. The number of pyridine rings is 1. The van der Waals surface area contributed by atoms with Crippen molar-refractivity contribution in [3.63, 3.8) is 0 Å². The molecule has 0 saturated heterocycles. The van der Waals surface area contributed by atoms with Crippen LogP contribution in [0.3, 0.4) is 0 Å². The van der Waals surface area contributed by atoms with Crippen molar-refractivity contribution >= 4 is 34.2 Å². The maximum Gasteiger partial charge on any atom is 0.102 e. The number of rotatable bonds is 0. The van der Waals surface area contributed by atoms with Gasteiger partial charge in [-0.2, -0.15) is 5.26 Å². The predicted molar refractivity (Wildman–Crippen MR) is 46.7 cm³/mol. The van der Waals surface area contributed by atoms with Crippen molar-refractivity contribution in [1.82, 2.24) is 4.98 Å². The predicted octanol–water partition coefficient (Wildman–Crippen LogP) is 2.21. The van der Waals surface area contributed by atoms with Crippen LogP contribution >= 0.6 is 34.2 Å². The van der Waals surface area contributed by atoms with Crippen molar-refractivity contribution in [2.75, 3.05) is 0 Å². The summed E-state index contributed by atoms with van der Waals surface area (Å²) in [6.07, 6.45) is 1.46. The Kier molecular flexibility index (Phi) is 2.46. The third-order valence-corrected chi connectivity index (χ3v) is 1.84. The van der Waals surface area contributed by atoms with Gasteiger partial charge < -0.3 is 0 Å². The van der Waals surface area contributed by atoms with Crippen molar-refractivity contribution in [3.05, 3.63) is 26.5 Å². The topological polar surface area (TPSA) is 36.7 Å². The lowest BCUT2D eigenvalue weighted by atomic mass is 10.3. The second-order valence-electron chi connectivity index (χ2n) is 1.60. The minimum Gasteiger partial charge on any atom is -0.249 e. The van der Waals surface area contributed by atoms with Crippen LogP contribution in [0.15, 0.2) is 12.3 Å². The largest absolute Gasteiger partial charge is 0.249 e. The molecule has 50 valence electrons. The normalized spacial score (nSPS) is 8.90. The number of aromatic nitrogens is 1. The van der Waals surface area contributed by atoms with Gasteiger partial charge in [0.15, 0.2) is 0 Å². The number of nitrogens with zero attached hydrogens (tertiary/aromatic N) is 2. The Morgan fingerprint density at radius 1 is 1.70 bits per heavy atom. The second kappa shape index (κ2) is 3.17. The summed E-state index contributed by atoms with van der Waals surface area (Å²) in [5.74, 6) is 0. The molecule has 0 amide bonds. The van der Waals surface area contributed by atoms with Gasteiger partial charge in [-0.1, -0.05) is 11.6 Å². The van der Waals surface area contributed by atoms with E-state index in [-0.39, 0.29) is 0 Å². The Hall–Kier alpha value is -0.340. The number of hydrogen-bond donors (Lipinski definition) is 0. The molecule has 0 atom stereocenters. The van der Waals surface area contributed by atoms with E-state index in [4.69, 9.17) is 16.9 Å². The van der Waals surface area contributed by atoms with Gasteiger partial charge in [0.25, 0.3) is 0 Å². The Morgan fingerprint density at radius 3 is 2.90 bits per heavy atom. The van der Waals surface area contributed by atoms with Gasteiger partial charge in [0.1, 0.15) is 9.77 Å². The van der Waals surface area contributed by atoms with Crippen LogP contribution in [0.4, 0.5) is 0 Å². The minimum absolute atomic E-state index is 0.419.